The molecule has 2 aromatic rings. The van der Waals surface area contributed by atoms with E-state index < -0.39 is 0 Å². The van der Waals surface area contributed by atoms with Gasteiger partial charge in [0.1, 0.15) is 0 Å². The van der Waals surface area contributed by atoms with Crippen molar-refractivity contribution in [2.24, 2.45) is 0 Å². The van der Waals surface area contributed by atoms with E-state index in [0.717, 1.165) is 17.1 Å². The van der Waals surface area contributed by atoms with Crippen LogP contribution in [0.15, 0.2) is 36.4 Å². The number of nitrogens with one attached hydrogen (secondary N) is 1. The van der Waals surface area contributed by atoms with Gasteiger partial charge >= 0.3 is 0 Å². The molecule has 2 rings (SSSR count). The molecule has 3 nitrogen and oxygen atoms in total. The summed E-state index contributed by atoms with van der Waals surface area (Å²) in [5, 5.41) is 3.27. The molecule has 1 aromatic carbocycles. The van der Waals surface area contributed by atoms with E-state index >= 15 is 0 Å². The first kappa shape index (κ1) is 13.5. The number of para-hydroxylation sites is 1. The van der Waals surface area contributed by atoms with E-state index in [1.807, 2.05) is 30.3 Å². The van der Waals surface area contributed by atoms with Gasteiger partial charge in [0.2, 0.25) is 5.95 Å². The molecule has 0 unspecified atom stereocenters. The molecule has 19 heavy (non-hydrogen) atoms. The van der Waals surface area contributed by atoms with Crippen LogP contribution in [0.1, 0.15) is 50.9 Å². The molecule has 1 aromatic heterocycles. The van der Waals surface area contributed by atoms with Crippen molar-refractivity contribution in [2.75, 3.05) is 5.32 Å². The number of nitrogens with zero attached hydrogens (tertiary/aromatic N) is 2. The van der Waals surface area contributed by atoms with Gasteiger partial charge in [-0.05, 0) is 30.0 Å². The highest BCUT2D eigenvalue weighted by Crippen LogP contribution is 2.21. The van der Waals surface area contributed by atoms with Crippen molar-refractivity contribution in [3.8, 4) is 0 Å². The Morgan fingerprint density at radius 2 is 1.37 bits per heavy atom. The van der Waals surface area contributed by atoms with Crippen LogP contribution in [0.3, 0.4) is 0 Å². The van der Waals surface area contributed by atoms with Crippen LogP contribution in [-0.4, -0.2) is 9.97 Å². The number of anilines is 2. The molecule has 3 heteroatoms. The van der Waals surface area contributed by atoms with Crippen LogP contribution in [-0.2, 0) is 0 Å². The maximum absolute atomic E-state index is 4.59. The zero-order valence-electron chi connectivity index (χ0n) is 12.0. The van der Waals surface area contributed by atoms with Gasteiger partial charge in [0.05, 0.1) is 0 Å². The zero-order chi connectivity index (χ0) is 13.8. The van der Waals surface area contributed by atoms with Crippen molar-refractivity contribution in [3.63, 3.8) is 0 Å². The Hall–Kier alpha value is -1.90. The first-order valence-electron chi connectivity index (χ1n) is 6.77. The summed E-state index contributed by atoms with van der Waals surface area (Å²) < 4.78 is 0. The fourth-order valence-corrected chi connectivity index (χ4v) is 1.78. The summed E-state index contributed by atoms with van der Waals surface area (Å²) >= 11 is 0. The second-order valence-electron chi connectivity index (χ2n) is 5.34. The molecule has 100 valence electrons. The highest BCUT2D eigenvalue weighted by molar-refractivity contribution is 5.53. The largest absolute Gasteiger partial charge is 0.324 e. The van der Waals surface area contributed by atoms with Crippen molar-refractivity contribution in [2.45, 2.75) is 39.5 Å². The lowest BCUT2D eigenvalue weighted by molar-refractivity contribution is 0.771. The molecule has 0 radical (unpaired) electrons. The number of hydrogen-bond acceptors (Lipinski definition) is 3. The Morgan fingerprint density at radius 1 is 0.842 bits per heavy atom. The van der Waals surface area contributed by atoms with E-state index in [0.29, 0.717) is 17.8 Å². The molecule has 0 aliphatic rings. The Labute approximate surface area is 115 Å². The number of benzene rings is 1. The first-order chi connectivity index (χ1) is 9.06. The summed E-state index contributed by atoms with van der Waals surface area (Å²) in [6.45, 7) is 8.61. The quantitative estimate of drug-likeness (QED) is 0.876. The van der Waals surface area contributed by atoms with Crippen molar-refractivity contribution in [1.82, 2.24) is 9.97 Å². The Bertz CT molecular complexity index is 507. The van der Waals surface area contributed by atoms with Crippen LogP contribution in [0.5, 0.6) is 0 Å². The van der Waals surface area contributed by atoms with Gasteiger partial charge in [-0.1, -0.05) is 45.9 Å². The molecule has 0 saturated carbocycles. The number of aromatic nitrogens is 2. The summed E-state index contributed by atoms with van der Waals surface area (Å²) in [6, 6.07) is 12.1. The van der Waals surface area contributed by atoms with Crippen LogP contribution in [0.4, 0.5) is 11.6 Å². The fraction of sp³-hybridized carbons (Fsp3) is 0.375. The monoisotopic (exact) mass is 255 g/mol. The smallest absolute Gasteiger partial charge is 0.227 e. The van der Waals surface area contributed by atoms with Crippen LogP contribution >= 0.6 is 0 Å². The topological polar surface area (TPSA) is 37.8 Å². The Kier molecular flexibility index (Phi) is 4.15. The summed E-state index contributed by atoms with van der Waals surface area (Å²) in [5.74, 6) is 1.48. The van der Waals surface area contributed by atoms with Crippen LogP contribution in [0.2, 0.25) is 0 Å². The molecular weight excluding hydrogens is 234 g/mol. The van der Waals surface area contributed by atoms with E-state index in [4.69, 9.17) is 0 Å². The number of hydrogen-bond donors (Lipinski definition) is 1. The van der Waals surface area contributed by atoms with Gasteiger partial charge in [-0.25, -0.2) is 9.97 Å². The summed E-state index contributed by atoms with van der Waals surface area (Å²) in [5.41, 5.74) is 3.17. The summed E-state index contributed by atoms with van der Waals surface area (Å²) in [7, 11) is 0. The van der Waals surface area contributed by atoms with Gasteiger partial charge < -0.3 is 5.32 Å². The van der Waals surface area contributed by atoms with Crippen molar-refractivity contribution < 1.29 is 0 Å². The molecular formula is C16H21N3. The third-order valence-corrected chi connectivity index (χ3v) is 2.98. The third kappa shape index (κ3) is 3.53. The molecule has 0 atom stereocenters. The average molecular weight is 255 g/mol. The van der Waals surface area contributed by atoms with Crippen molar-refractivity contribution >= 4 is 11.6 Å². The van der Waals surface area contributed by atoms with Gasteiger partial charge in [-0.3, -0.25) is 0 Å². The lowest BCUT2D eigenvalue weighted by Gasteiger charge is -2.13. The minimum Gasteiger partial charge on any atom is -0.324 e. The normalized spacial score (nSPS) is 11.1. The van der Waals surface area contributed by atoms with Crippen molar-refractivity contribution in [3.05, 3.63) is 47.8 Å². The summed E-state index contributed by atoms with van der Waals surface area (Å²) in [6.07, 6.45) is 0. The van der Waals surface area contributed by atoms with Gasteiger partial charge in [0, 0.05) is 17.1 Å². The average Bonchev–Trinajstić information content (AvgIpc) is 2.39. The molecule has 0 amide bonds. The number of rotatable bonds is 4. The Balaban J connectivity index is 2.34. The third-order valence-electron chi connectivity index (χ3n) is 2.98. The molecule has 1 heterocycles. The lowest BCUT2D eigenvalue weighted by atomic mass is 10.1. The lowest BCUT2D eigenvalue weighted by Crippen LogP contribution is -2.05. The fourth-order valence-electron chi connectivity index (χ4n) is 1.78. The van der Waals surface area contributed by atoms with Gasteiger partial charge in [0.15, 0.2) is 0 Å². The van der Waals surface area contributed by atoms with Gasteiger partial charge in [-0.15, -0.1) is 0 Å². The van der Waals surface area contributed by atoms with E-state index in [2.05, 4.69) is 49.0 Å². The molecule has 0 bridgehead atoms. The van der Waals surface area contributed by atoms with E-state index in [1.54, 1.807) is 0 Å². The molecule has 0 spiro atoms. The minimum absolute atomic E-state index is 0.400. The maximum Gasteiger partial charge on any atom is 0.227 e. The second-order valence-corrected chi connectivity index (χ2v) is 5.34. The highest BCUT2D eigenvalue weighted by Gasteiger charge is 2.10. The van der Waals surface area contributed by atoms with E-state index in [-0.39, 0.29) is 0 Å². The predicted octanol–water partition coefficient (Wildman–Crippen LogP) is 4.47. The van der Waals surface area contributed by atoms with E-state index in [1.165, 1.54) is 0 Å². The second kappa shape index (κ2) is 5.83. The SMILES string of the molecule is CC(C)c1cc(C(C)C)nc(Nc2ccccc2)n1. The predicted molar refractivity (Wildman–Crippen MR) is 79.9 cm³/mol. The Morgan fingerprint density at radius 3 is 1.84 bits per heavy atom. The van der Waals surface area contributed by atoms with Crippen LogP contribution in [0.25, 0.3) is 0 Å². The van der Waals surface area contributed by atoms with Crippen LogP contribution in [0, 0.1) is 0 Å². The van der Waals surface area contributed by atoms with Crippen LogP contribution < -0.4 is 5.32 Å². The molecule has 1 N–H and O–H groups in total. The minimum atomic E-state index is 0.400. The van der Waals surface area contributed by atoms with Gasteiger partial charge in [-0.2, -0.15) is 0 Å². The highest BCUT2D eigenvalue weighted by atomic mass is 15.1. The first-order valence-corrected chi connectivity index (χ1v) is 6.77. The van der Waals surface area contributed by atoms with Crippen molar-refractivity contribution in [1.29, 1.82) is 0 Å². The molecule has 0 saturated heterocycles. The molecule has 0 aliphatic heterocycles. The zero-order valence-corrected chi connectivity index (χ0v) is 12.0. The van der Waals surface area contributed by atoms with E-state index in [9.17, 15) is 0 Å². The standard InChI is InChI=1S/C16H21N3/c1-11(2)14-10-15(12(3)4)19-16(18-14)17-13-8-6-5-7-9-13/h5-12H,1-4H3,(H,17,18,19). The maximum atomic E-state index is 4.59. The molecule has 0 fully saturated rings. The summed E-state index contributed by atoms with van der Waals surface area (Å²) in [4.78, 5) is 9.18. The van der Waals surface area contributed by atoms with Gasteiger partial charge in [0.25, 0.3) is 0 Å². The molecule has 0 aliphatic carbocycles.